The molecule has 2 aromatic carbocycles. The average Bonchev–Trinajstić information content (AvgIpc) is 2.79. The third kappa shape index (κ3) is 5.24. The summed E-state index contributed by atoms with van der Waals surface area (Å²) in [6.45, 7) is 6.48. The van der Waals surface area contributed by atoms with Crippen molar-refractivity contribution in [3.05, 3.63) is 88.6 Å². The van der Waals surface area contributed by atoms with Crippen LogP contribution in [0.3, 0.4) is 0 Å². The number of likely N-dealkylation sites (N-methyl/N-ethyl adjacent to an activating group) is 1. The normalized spacial score (nSPS) is 14.5. The van der Waals surface area contributed by atoms with E-state index in [4.69, 9.17) is 11.6 Å². The number of hydrogen-bond donors (Lipinski definition) is 0. The second-order valence-electron chi connectivity index (χ2n) is 8.05. The molecule has 1 aliphatic heterocycles. The van der Waals surface area contributed by atoms with Crippen LogP contribution in [-0.2, 0) is 6.54 Å². The van der Waals surface area contributed by atoms with Crippen molar-refractivity contribution < 1.29 is 4.79 Å². The van der Waals surface area contributed by atoms with E-state index < -0.39 is 0 Å². The summed E-state index contributed by atoms with van der Waals surface area (Å²) in [5, 5.41) is 0.643. The SMILES string of the molecule is Cc1ccc(C(=O)N(Cc2ccc(N3CCN(C)CC3)nc2)c2ccc(Cl)cc2)cc1. The topological polar surface area (TPSA) is 39.7 Å². The Morgan fingerprint density at radius 2 is 1.65 bits per heavy atom. The molecule has 0 unspecified atom stereocenters. The molecule has 0 aliphatic carbocycles. The van der Waals surface area contributed by atoms with E-state index in [1.165, 1.54) is 0 Å². The van der Waals surface area contributed by atoms with Crippen LogP contribution < -0.4 is 9.80 Å². The molecule has 0 radical (unpaired) electrons. The summed E-state index contributed by atoms with van der Waals surface area (Å²) in [5.74, 6) is 0.935. The Hall–Kier alpha value is -2.89. The van der Waals surface area contributed by atoms with E-state index in [0.29, 0.717) is 17.1 Å². The Labute approximate surface area is 188 Å². The third-order valence-electron chi connectivity index (χ3n) is 5.66. The number of carbonyl (C=O) groups excluding carboxylic acids is 1. The highest BCUT2D eigenvalue weighted by atomic mass is 35.5. The lowest BCUT2D eigenvalue weighted by Gasteiger charge is -2.33. The van der Waals surface area contributed by atoms with Crippen LogP contribution >= 0.6 is 11.6 Å². The van der Waals surface area contributed by atoms with Gasteiger partial charge in [-0.1, -0.05) is 35.4 Å². The van der Waals surface area contributed by atoms with Crippen LogP contribution in [0.1, 0.15) is 21.5 Å². The molecule has 1 aromatic heterocycles. The number of pyridine rings is 1. The molecule has 5 nitrogen and oxygen atoms in total. The monoisotopic (exact) mass is 434 g/mol. The first kappa shape index (κ1) is 21.3. The number of amides is 1. The zero-order chi connectivity index (χ0) is 21.8. The quantitative estimate of drug-likeness (QED) is 0.586. The Morgan fingerprint density at radius 3 is 2.26 bits per heavy atom. The highest BCUT2D eigenvalue weighted by Gasteiger charge is 2.19. The first-order chi connectivity index (χ1) is 15.0. The van der Waals surface area contributed by atoms with Gasteiger partial charge in [-0.15, -0.1) is 0 Å². The van der Waals surface area contributed by atoms with Crippen molar-refractivity contribution in [1.29, 1.82) is 0 Å². The van der Waals surface area contributed by atoms with Gasteiger partial charge >= 0.3 is 0 Å². The van der Waals surface area contributed by atoms with Crippen molar-refractivity contribution in [1.82, 2.24) is 9.88 Å². The van der Waals surface area contributed by atoms with Gasteiger partial charge in [-0.05, 0) is 62.0 Å². The zero-order valence-electron chi connectivity index (χ0n) is 18.0. The van der Waals surface area contributed by atoms with Crippen LogP contribution in [0.2, 0.25) is 5.02 Å². The molecule has 1 aliphatic rings. The largest absolute Gasteiger partial charge is 0.354 e. The van der Waals surface area contributed by atoms with Gasteiger partial charge in [0.15, 0.2) is 0 Å². The fourth-order valence-electron chi connectivity index (χ4n) is 3.67. The Balaban J connectivity index is 1.56. The maximum atomic E-state index is 13.4. The minimum Gasteiger partial charge on any atom is -0.354 e. The molecule has 160 valence electrons. The molecular formula is C25H27ClN4O. The van der Waals surface area contributed by atoms with Crippen molar-refractivity contribution in [3.8, 4) is 0 Å². The van der Waals surface area contributed by atoms with Gasteiger partial charge in [-0.3, -0.25) is 4.79 Å². The zero-order valence-corrected chi connectivity index (χ0v) is 18.7. The molecule has 2 heterocycles. The van der Waals surface area contributed by atoms with E-state index in [1.54, 1.807) is 17.0 Å². The number of rotatable bonds is 5. The highest BCUT2D eigenvalue weighted by molar-refractivity contribution is 6.30. The van der Waals surface area contributed by atoms with Crippen molar-refractivity contribution in [2.75, 3.05) is 43.0 Å². The standard InChI is InChI=1S/C25H27ClN4O/c1-19-3-6-21(7-4-19)25(31)30(23-10-8-22(26)9-11-23)18-20-5-12-24(27-17-20)29-15-13-28(2)14-16-29/h3-12,17H,13-16,18H2,1-2H3. The van der Waals surface area contributed by atoms with Gasteiger partial charge in [0.2, 0.25) is 0 Å². The smallest absolute Gasteiger partial charge is 0.258 e. The van der Waals surface area contributed by atoms with Gasteiger partial charge in [0, 0.05) is 48.6 Å². The molecule has 6 heteroatoms. The van der Waals surface area contributed by atoms with Crippen LogP contribution in [0.5, 0.6) is 0 Å². The number of carbonyl (C=O) groups is 1. The summed E-state index contributed by atoms with van der Waals surface area (Å²) in [5.41, 5.74) is 3.56. The van der Waals surface area contributed by atoms with Crippen LogP contribution in [0, 0.1) is 6.92 Å². The number of hydrogen-bond acceptors (Lipinski definition) is 4. The molecule has 0 atom stereocenters. The summed E-state index contributed by atoms with van der Waals surface area (Å²) >= 11 is 6.07. The number of piperazine rings is 1. The summed E-state index contributed by atoms with van der Waals surface area (Å²) < 4.78 is 0. The van der Waals surface area contributed by atoms with Crippen molar-refractivity contribution in [3.63, 3.8) is 0 Å². The molecule has 0 bridgehead atoms. The molecule has 4 rings (SSSR count). The Morgan fingerprint density at radius 1 is 0.968 bits per heavy atom. The number of halogens is 1. The van der Waals surface area contributed by atoms with Crippen LogP contribution in [0.4, 0.5) is 11.5 Å². The van der Waals surface area contributed by atoms with Crippen LogP contribution in [0.25, 0.3) is 0 Å². The number of aryl methyl sites for hydroxylation is 1. The summed E-state index contributed by atoms with van der Waals surface area (Å²) in [6, 6.07) is 19.1. The van der Waals surface area contributed by atoms with E-state index in [9.17, 15) is 4.79 Å². The second kappa shape index (κ2) is 9.50. The number of benzene rings is 2. The first-order valence-corrected chi connectivity index (χ1v) is 10.9. The number of anilines is 2. The highest BCUT2D eigenvalue weighted by Crippen LogP contribution is 2.23. The van der Waals surface area contributed by atoms with E-state index in [0.717, 1.165) is 48.8 Å². The molecule has 31 heavy (non-hydrogen) atoms. The minimum atomic E-state index is -0.0505. The second-order valence-corrected chi connectivity index (χ2v) is 8.49. The molecule has 0 N–H and O–H groups in total. The molecule has 1 saturated heterocycles. The van der Waals surface area contributed by atoms with Crippen LogP contribution in [0.15, 0.2) is 66.9 Å². The van der Waals surface area contributed by atoms with Crippen LogP contribution in [-0.4, -0.2) is 49.0 Å². The van der Waals surface area contributed by atoms with Gasteiger partial charge in [-0.2, -0.15) is 0 Å². The average molecular weight is 435 g/mol. The van der Waals surface area contributed by atoms with Gasteiger partial charge in [-0.25, -0.2) is 4.98 Å². The summed E-state index contributed by atoms with van der Waals surface area (Å²) in [6.07, 6.45) is 1.87. The predicted octanol–water partition coefficient (Wildman–Crippen LogP) is 4.64. The lowest BCUT2D eigenvalue weighted by molar-refractivity contribution is 0.0985. The van der Waals surface area contributed by atoms with Gasteiger partial charge < -0.3 is 14.7 Å². The van der Waals surface area contributed by atoms with Gasteiger partial charge in [0.25, 0.3) is 5.91 Å². The minimum absolute atomic E-state index is 0.0505. The van der Waals surface area contributed by atoms with Crippen molar-refractivity contribution in [2.24, 2.45) is 0 Å². The van der Waals surface area contributed by atoms with E-state index >= 15 is 0 Å². The molecule has 0 spiro atoms. The van der Waals surface area contributed by atoms with Gasteiger partial charge in [0.1, 0.15) is 5.82 Å². The Kier molecular flexibility index (Phi) is 6.54. The molecule has 1 amide bonds. The fraction of sp³-hybridized carbons (Fsp3) is 0.280. The number of nitrogens with zero attached hydrogens (tertiary/aromatic N) is 4. The fourth-order valence-corrected chi connectivity index (χ4v) is 3.79. The maximum absolute atomic E-state index is 13.4. The molecule has 1 fully saturated rings. The number of aromatic nitrogens is 1. The maximum Gasteiger partial charge on any atom is 0.258 e. The lowest BCUT2D eigenvalue weighted by Crippen LogP contribution is -2.44. The molecule has 3 aromatic rings. The third-order valence-corrected chi connectivity index (χ3v) is 5.91. The van der Waals surface area contributed by atoms with E-state index in [1.807, 2.05) is 49.5 Å². The van der Waals surface area contributed by atoms with E-state index in [-0.39, 0.29) is 5.91 Å². The summed E-state index contributed by atoms with van der Waals surface area (Å²) in [4.78, 5) is 24.4. The van der Waals surface area contributed by atoms with Crippen molar-refractivity contribution >= 4 is 29.0 Å². The lowest BCUT2D eigenvalue weighted by atomic mass is 10.1. The van der Waals surface area contributed by atoms with Crippen molar-refractivity contribution in [2.45, 2.75) is 13.5 Å². The first-order valence-electron chi connectivity index (χ1n) is 10.5. The molecular weight excluding hydrogens is 408 g/mol. The predicted molar refractivity (Wildman–Crippen MR) is 127 cm³/mol. The Bertz CT molecular complexity index is 1010. The summed E-state index contributed by atoms with van der Waals surface area (Å²) in [7, 11) is 2.14. The van der Waals surface area contributed by atoms with Gasteiger partial charge in [0.05, 0.1) is 6.54 Å². The molecule has 0 saturated carbocycles. The van der Waals surface area contributed by atoms with E-state index in [2.05, 4.69) is 34.0 Å².